The average Bonchev–Trinajstić information content (AvgIpc) is 2.64. The molecule has 1 aromatic rings. The molecule has 1 unspecified atom stereocenters. The third kappa shape index (κ3) is 2.44. The zero-order valence-corrected chi connectivity index (χ0v) is 10.5. The summed E-state index contributed by atoms with van der Waals surface area (Å²) in [5.41, 5.74) is 6.54. The zero-order chi connectivity index (χ0) is 13.3. The molecule has 0 saturated carbocycles. The lowest BCUT2D eigenvalue weighted by Gasteiger charge is -2.28. The molecule has 2 N–H and O–H groups in total. The zero-order valence-electron chi connectivity index (χ0n) is 10.5. The largest absolute Gasteiger partial charge is 0.370 e. The smallest absolute Gasteiger partial charge is 0.191 e. The quantitative estimate of drug-likeness (QED) is 0.898. The van der Waals surface area contributed by atoms with Gasteiger partial charge in [-0.15, -0.1) is 0 Å². The van der Waals surface area contributed by atoms with Crippen molar-refractivity contribution >= 4 is 5.96 Å². The third-order valence-corrected chi connectivity index (χ3v) is 2.99. The molecule has 1 aromatic carbocycles. The van der Waals surface area contributed by atoms with Crippen LogP contribution in [-0.4, -0.2) is 23.9 Å². The van der Waals surface area contributed by atoms with E-state index in [9.17, 15) is 8.78 Å². The van der Waals surface area contributed by atoms with Crippen molar-refractivity contribution in [2.75, 3.05) is 13.1 Å². The SMILES string of the molecule is CC(C)CN1C(N)=NCC1c1ccc(F)c(F)c1. The molecule has 0 bridgehead atoms. The van der Waals surface area contributed by atoms with Crippen molar-refractivity contribution in [3.05, 3.63) is 35.4 Å². The Morgan fingerprint density at radius 1 is 1.39 bits per heavy atom. The van der Waals surface area contributed by atoms with Crippen LogP contribution in [0.1, 0.15) is 25.5 Å². The highest BCUT2D eigenvalue weighted by Crippen LogP contribution is 2.27. The first-order valence-electron chi connectivity index (χ1n) is 6.00. The molecule has 98 valence electrons. The van der Waals surface area contributed by atoms with E-state index in [4.69, 9.17) is 5.73 Å². The lowest BCUT2D eigenvalue weighted by atomic mass is 10.0. The fraction of sp³-hybridized carbons (Fsp3) is 0.462. The van der Waals surface area contributed by atoms with E-state index in [1.807, 2.05) is 4.90 Å². The van der Waals surface area contributed by atoms with E-state index in [-0.39, 0.29) is 6.04 Å². The van der Waals surface area contributed by atoms with Crippen LogP contribution in [0.3, 0.4) is 0 Å². The van der Waals surface area contributed by atoms with E-state index in [1.165, 1.54) is 6.07 Å². The lowest BCUT2D eigenvalue weighted by molar-refractivity contribution is 0.308. The summed E-state index contributed by atoms with van der Waals surface area (Å²) in [6.45, 7) is 5.39. The molecule has 5 heteroatoms. The first kappa shape index (κ1) is 12.8. The van der Waals surface area contributed by atoms with Gasteiger partial charge in [-0.1, -0.05) is 19.9 Å². The van der Waals surface area contributed by atoms with Crippen molar-refractivity contribution in [1.29, 1.82) is 0 Å². The highest BCUT2D eigenvalue weighted by atomic mass is 19.2. The third-order valence-electron chi connectivity index (χ3n) is 2.99. The Morgan fingerprint density at radius 2 is 2.11 bits per heavy atom. The summed E-state index contributed by atoms with van der Waals surface area (Å²) < 4.78 is 26.2. The Balaban J connectivity index is 2.24. The van der Waals surface area contributed by atoms with E-state index < -0.39 is 11.6 Å². The second kappa shape index (κ2) is 4.92. The minimum atomic E-state index is -0.832. The number of guanidine groups is 1. The predicted molar refractivity (Wildman–Crippen MR) is 67.1 cm³/mol. The number of benzene rings is 1. The number of rotatable bonds is 3. The van der Waals surface area contributed by atoms with Gasteiger partial charge in [0.2, 0.25) is 0 Å². The van der Waals surface area contributed by atoms with Crippen LogP contribution in [0, 0.1) is 17.6 Å². The second-order valence-corrected chi connectivity index (χ2v) is 4.93. The van der Waals surface area contributed by atoms with Crippen molar-refractivity contribution in [2.24, 2.45) is 16.6 Å². The maximum Gasteiger partial charge on any atom is 0.191 e. The van der Waals surface area contributed by atoms with Crippen molar-refractivity contribution in [3.63, 3.8) is 0 Å². The van der Waals surface area contributed by atoms with Crippen LogP contribution in [-0.2, 0) is 0 Å². The Labute approximate surface area is 105 Å². The Hall–Kier alpha value is -1.65. The number of hydrogen-bond acceptors (Lipinski definition) is 3. The van der Waals surface area contributed by atoms with Gasteiger partial charge >= 0.3 is 0 Å². The minimum absolute atomic E-state index is 0.0949. The Morgan fingerprint density at radius 3 is 2.72 bits per heavy atom. The summed E-state index contributed by atoms with van der Waals surface area (Å²) in [6, 6.07) is 3.86. The fourth-order valence-corrected chi connectivity index (χ4v) is 2.15. The van der Waals surface area contributed by atoms with Crippen LogP contribution in [0.2, 0.25) is 0 Å². The molecular weight excluding hydrogens is 236 g/mol. The van der Waals surface area contributed by atoms with E-state index in [1.54, 1.807) is 6.07 Å². The molecular formula is C13H17F2N3. The van der Waals surface area contributed by atoms with E-state index in [0.717, 1.165) is 12.6 Å². The normalized spacial score (nSPS) is 19.5. The summed E-state index contributed by atoms with van der Waals surface area (Å²) in [7, 11) is 0. The standard InChI is InChI=1S/C13H17F2N3/c1-8(2)7-18-12(6-17-13(18)16)9-3-4-10(14)11(15)5-9/h3-5,8,12H,6-7H2,1-2H3,(H2,16,17). The van der Waals surface area contributed by atoms with Gasteiger partial charge in [0, 0.05) is 6.54 Å². The van der Waals surface area contributed by atoms with Gasteiger partial charge in [-0.3, -0.25) is 4.99 Å². The number of aliphatic imine (C=N–C) groups is 1. The molecule has 2 rings (SSSR count). The first-order chi connectivity index (χ1) is 8.49. The fourth-order valence-electron chi connectivity index (χ4n) is 2.15. The van der Waals surface area contributed by atoms with Crippen LogP contribution in [0.4, 0.5) is 8.78 Å². The van der Waals surface area contributed by atoms with Crippen LogP contribution in [0.15, 0.2) is 23.2 Å². The molecule has 0 fully saturated rings. The van der Waals surface area contributed by atoms with Gasteiger partial charge in [0.05, 0.1) is 12.6 Å². The lowest BCUT2D eigenvalue weighted by Crippen LogP contribution is -2.38. The van der Waals surface area contributed by atoms with Gasteiger partial charge in [-0.05, 0) is 23.6 Å². The summed E-state index contributed by atoms with van der Waals surface area (Å²) in [4.78, 5) is 6.13. The number of nitrogens with two attached hydrogens (primary N) is 1. The maximum atomic E-state index is 13.3. The molecule has 0 amide bonds. The average molecular weight is 253 g/mol. The van der Waals surface area contributed by atoms with E-state index >= 15 is 0 Å². The summed E-state index contributed by atoms with van der Waals surface area (Å²) >= 11 is 0. The van der Waals surface area contributed by atoms with E-state index in [0.29, 0.717) is 24.0 Å². The number of hydrogen-bond donors (Lipinski definition) is 1. The molecule has 0 aromatic heterocycles. The molecule has 3 nitrogen and oxygen atoms in total. The van der Waals surface area contributed by atoms with Crippen molar-refractivity contribution in [3.8, 4) is 0 Å². The van der Waals surface area contributed by atoms with Gasteiger partial charge in [0.15, 0.2) is 17.6 Å². The predicted octanol–water partition coefficient (Wildman–Crippen LogP) is 2.29. The molecule has 1 aliphatic heterocycles. The Kier molecular flexibility index (Phi) is 3.50. The van der Waals surface area contributed by atoms with Crippen LogP contribution < -0.4 is 5.73 Å². The highest BCUT2D eigenvalue weighted by molar-refractivity contribution is 5.80. The Bertz CT molecular complexity index is 471. The topological polar surface area (TPSA) is 41.6 Å². The maximum absolute atomic E-state index is 13.3. The molecule has 0 spiro atoms. The highest BCUT2D eigenvalue weighted by Gasteiger charge is 2.28. The molecule has 1 aliphatic rings. The molecule has 18 heavy (non-hydrogen) atoms. The monoisotopic (exact) mass is 253 g/mol. The van der Waals surface area contributed by atoms with Gasteiger partial charge in [-0.2, -0.15) is 0 Å². The minimum Gasteiger partial charge on any atom is -0.370 e. The van der Waals surface area contributed by atoms with Gasteiger partial charge in [-0.25, -0.2) is 8.78 Å². The van der Waals surface area contributed by atoms with Gasteiger partial charge in [0.25, 0.3) is 0 Å². The van der Waals surface area contributed by atoms with Crippen LogP contribution in [0.25, 0.3) is 0 Å². The van der Waals surface area contributed by atoms with Crippen molar-refractivity contribution in [1.82, 2.24) is 4.90 Å². The molecule has 0 aliphatic carbocycles. The van der Waals surface area contributed by atoms with Gasteiger partial charge in [0.1, 0.15) is 0 Å². The van der Waals surface area contributed by atoms with Crippen molar-refractivity contribution < 1.29 is 8.78 Å². The number of nitrogens with zero attached hydrogens (tertiary/aromatic N) is 2. The van der Waals surface area contributed by atoms with Crippen LogP contribution >= 0.6 is 0 Å². The molecule has 0 radical (unpaired) electrons. The van der Waals surface area contributed by atoms with Crippen molar-refractivity contribution in [2.45, 2.75) is 19.9 Å². The molecule has 0 saturated heterocycles. The molecule has 1 atom stereocenters. The number of halogens is 2. The summed E-state index contributed by atoms with van der Waals surface area (Å²) in [5, 5.41) is 0. The summed E-state index contributed by atoms with van der Waals surface area (Å²) in [6.07, 6.45) is 0. The molecule has 1 heterocycles. The van der Waals surface area contributed by atoms with Crippen LogP contribution in [0.5, 0.6) is 0 Å². The second-order valence-electron chi connectivity index (χ2n) is 4.93. The van der Waals surface area contributed by atoms with E-state index in [2.05, 4.69) is 18.8 Å². The first-order valence-corrected chi connectivity index (χ1v) is 6.00. The van der Waals surface area contributed by atoms with Gasteiger partial charge < -0.3 is 10.6 Å². The summed E-state index contributed by atoms with van der Waals surface area (Å²) in [5.74, 6) is -0.772.